The van der Waals surface area contributed by atoms with Crippen LogP contribution in [-0.4, -0.2) is 12.4 Å². The fourth-order valence-electron chi connectivity index (χ4n) is 2.26. The lowest BCUT2D eigenvalue weighted by atomic mass is 10.0. The summed E-state index contributed by atoms with van der Waals surface area (Å²) in [5.41, 5.74) is 3.32. The molecular weight excluding hydrogens is 230 g/mol. The van der Waals surface area contributed by atoms with Gasteiger partial charge in [-0.1, -0.05) is 31.2 Å². The molecule has 2 rings (SSSR count). The summed E-state index contributed by atoms with van der Waals surface area (Å²) in [6.07, 6.45) is 4.98. The molecule has 1 aromatic carbocycles. The Morgan fingerprint density at radius 2 is 1.82 bits per heavy atom. The monoisotopic (exact) mass is 251 g/mol. The maximum atomic E-state index is 5.83. The number of alkyl halides is 1. The molecule has 1 aliphatic carbocycles. The maximum Gasteiger partial charge on any atom is 0.0229 e. The lowest BCUT2D eigenvalue weighted by Gasteiger charge is -2.14. The fourth-order valence-corrected chi connectivity index (χ4v) is 2.66. The number of halogens is 1. The molecule has 1 saturated carbocycles. The standard InChI is InChI=1S/C15H22ClN/c1-2-13-3-5-14(6-4-13)11-17-12-15(7-8-15)9-10-16/h3-6,17H,2,7-12H2,1H3. The Hall–Kier alpha value is -0.530. The molecule has 0 atom stereocenters. The van der Waals surface area contributed by atoms with Crippen molar-refractivity contribution in [3.63, 3.8) is 0 Å². The first kappa shape index (κ1) is 12.9. The minimum atomic E-state index is 0.533. The van der Waals surface area contributed by atoms with Crippen molar-refractivity contribution < 1.29 is 0 Å². The molecule has 0 saturated heterocycles. The Labute approximate surface area is 110 Å². The van der Waals surface area contributed by atoms with E-state index in [-0.39, 0.29) is 0 Å². The zero-order valence-corrected chi connectivity index (χ0v) is 11.4. The second-order valence-electron chi connectivity index (χ2n) is 5.21. The Bertz CT molecular complexity index is 340. The molecule has 1 aromatic rings. The summed E-state index contributed by atoms with van der Waals surface area (Å²) in [5.74, 6) is 0.798. The molecule has 0 aromatic heterocycles. The summed E-state index contributed by atoms with van der Waals surface area (Å²) in [6, 6.07) is 8.91. The number of hydrogen-bond donors (Lipinski definition) is 1. The van der Waals surface area contributed by atoms with Crippen LogP contribution in [0.25, 0.3) is 0 Å². The number of hydrogen-bond acceptors (Lipinski definition) is 1. The van der Waals surface area contributed by atoms with Gasteiger partial charge in [0, 0.05) is 19.0 Å². The van der Waals surface area contributed by atoms with Crippen molar-refractivity contribution in [1.82, 2.24) is 5.32 Å². The first-order chi connectivity index (χ1) is 8.28. The van der Waals surface area contributed by atoms with Crippen LogP contribution in [0.1, 0.15) is 37.3 Å². The van der Waals surface area contributed by atoms with E-state index >= 15 is 0 Å². The smallest absolute Gasteiger partial charge is 0.0229 e. The highest BCUT2D eigenvalue weighted by Gasteiger charge is 2.40. The topological polar surface area (TPSA) is 12.0 Å². The van der Waals surface area contributed by atoms with Gasteiger partial charge in [-0.25, -0.2) is 0 Å². The Morgan fingerprint density at radius 3 is 2.35 bits per heavy atom. The van der Waals surface area contributed by atoms with E-state index in [2.05, 4.69) is 36.5 Å². The van der Waals surface area contributed by atoms with E-state index in [1.165, 1.54) is 24.0 Å². The molecule has 94 valence electrons. The van der Waals surface area contributed by atoms with Crippen LogP contribution in [-0.2, 0) is 13.0 Å². The van der Waals surface area contributed by atoms with Gasteiger partial charge in [0.25, 0.3) is 0 Å². The van der Waals surface area contributed by atoms with Crippen molar-refractivity contribution in [3.05, 3.63) is 35.4 Å². The lowest BCUT2D eigenvalue weighted by Crippen LogP contribution is -2.23. The van der Waals surface area contributed by atoms with Crippen LogP contribution < -0.4 is 5.32 Å². The quantitative estimate of drug-likeness (QED) is 0.728. The van der Waals surface area contributed by atoms with Gasteiger partial charge >= 0.3 is 0 Å². The van der Waals surface area contributed by atoms with Gasteiger partial charge in [-0.2, -0.15) is 0 Å². The van der Waals surface area contributed by atoms with E-state index in [1.54, 1.807) is 0 Å². The normalized spacial score (nSPS) is 17.1. The third-order valence-electron chi connectivity index (χ3n) is 3.84. The van der Waals surface area contributed by atoms with Gasteiger partial charge in [-0.3, -0.25) is 0 Å². The fraction of sp³-hybridized carbons (Fsp3) is 0.600. The van der Waals surface area contributed by atoms with Crippen LogP contribution in [0.5, 0.6) is 0 Å². The van der Waals surface area contributed by atoms with Crippen molar-refractivity contribution >= 4 is 11.6 Å². The molecule has 2 heteroatoms. The van der Waals surface area contributed by atoms with Crippen molar-refractivity contribution in [2.24, 2.45) is 5.41 Å². The van der Waals surface area contributed by atoms with Gasteiger partial charge in [-0.05, 0) is 42.2 Å². The van der Waals surface area contributed by atoms with Crippen LogP contribution in [0.3, 0.4) is 0 Å². The number of benzene rings is 1. The predicted octanol–water partition coefficient (Wildman–Crippen LogP) is 3.75. The van der Waals surface area contributed by atoms with E-state index in [0.717, 1.165) is 31.8 Å². The molecule has 1 N–H and O–H groups in total. The zero-order chi connectivity index (χ0) is 12.1. The molecule has 17 heavy (non-hydrogen) atoms. The number of rotatable bonds is 7. The maximum absolute atomic E-state index is 5.83. The average Bonchev–Trinajstić information content (AvgIpc) is 3.11. The van der Waals surface area contributed by atoms with Gasteiger partial charge < -0.3 is 5.32 Å². The van der Waals surface area contributed by atoms with E-state index in [4.69, 9.17) is 11.6 Å². The Balaban J connectivity index is 1.74. The van der Waals surface area contributed by atoms with Gasteiger partial charge in [0.1, 0.15) is 0 Å². The van der Waals surface area contributed by atoms with Crippen molar-refractivity contribution in [2.75, 3.05) is 12.4 Å². The molecule has 0 radical (unpaired) electrons. The van der Waals surface area contributed by atoms with Crippen molar-refractivity contribution in [3.8, 4) is 0 Å². The van der Waals surface area contributed by atoms with E-state index in [0.29, 0.717) is 5.41 Å². The summed E-state index contributed by atoms with van der Waals surface area (Å²) < 4.78 is 0. The minimum Gasteiger partial charge on any atom is -0.312 e. The average molecular weight is 252 g/mol. The van der Waals surface area contributed by atoms with Gasteiger partial charge in [0.15, 0.2) is 0 Å². The number of aryl methyl sites for hydroxylation is 1. The SMILES string of the molecule is CCc1ccc(CNCC2(CCCl)CC2)cc1. The molecule has 0 unspecified atom stereocenters. The van der Waals surface area contributed by atoms with Gasteiger partial charge in [-0.15, -0.1) is 11.6 Å². The first-order valence-corrected chi connectivity index (χ1v) is 7.16. The molecule has 1 nitrogen and oxygen atoms in total. The molecule has 0 spiro atoms. The second-order valence-corrected chi connectivity index (χ2v) is 5.59. The molecule has 1 aliphatic rings. The second kappa shape index (κ2) is 5.88. The minimum absolute atomic E-state index is 0.533. The summed E-state index contributed by atoms with van der Waals surface area (Å²) in [5, 5.41) is 3.57. The van der Waals surface area contributed by atoms with Gasteiger partial charge in [0.05, 0.1) is 0 Å². The van der Waals surface area contributed by atoms with Crippen molar-refractivity contribution in [1.29, 1.82) is 0 Å². The van der Waals surface area contributed by atoms with Crippen LogP contribution in [0.15, 0.2) is 24.3 Å². The summed E-state index contributed by atoms with van der Waals surface area (Å²) in [4.78, 5) is 0. The van der Waals surface area contributed by atoms with Crippen LogP contribution in [0.2, 0.25) is 0 Å². The van der Waals surface area contributed by atoms with E-state index in [1.807, 2.05) is 0 Å². The van der Waals surface area contributed by atoms with Crippen molar-refractivity contribution in [2.45, 2.75) is 39.2 Å². The molecule has 0 heterocycles. The third-order valence-corrected chi connectivity index (χ3v) is 4.03. The Kier molecular flexibility index (Phi) is 4.47. The Morgan fingerprint density at radius 1 is 1.18 bits per heavy atom. The molecule has 0 amide bonds. The molecule has 0 aliphatic heterocycles. The van der Waals surface area contributed by atoms with Crippen LogP contribution in [0.4, 0.5) is 0 Å². The highest BCUT2D eigenvalue weighted by Crippen LogP contribution is 2.48. The highest BCUT2D eigenvalue weighted by atomic mass is 35.5. The first-order valence-electron chi connectivity index (χ1n) is 6.62. The lowest BCUT2D eigenvalue weighted by molar-refractivity contribution is 0.445. The summed E-state index contributed by atoms with van der Waals surface area (Å²) >= 11 is 5.83. The molecule has 0 bridgehead atoms. The van der Waals surface area contributed by atoms with E-state index in [9.17, 15) is 0 Å². The third kappa shape index (κ3) is 3.72. The summed E-state index contributed by atoms with van der Waals surface area (Å²) in [7, 11) is 0. The molecular formula is C15H22ClN. The van der Waals surface area contributed by atoms with Crippen LogP contribution >= 0.6 is 11.6 Å². The molecule has 1 fully saturated rings. The predicted molar refractivity (Wildman–Crippen MR) is 74.5 cm³/mol. The van der Waals surface area contributed by atoms with E-state index < -0.39 is 0 Å². The number of nitrogens with one attached hydrogen (secondary N) is 1. The zero-order valence-electron chi connectivity index (χ0n) is 10.6. The largest absolute Gasteiger partial charge is 0.312 e. The van der Waals surface area contributed by atoms with Gasteiger partial charge in [0.2, 0.25) is 0 Å². The van der Waals surface area contributed by atoms with Crippen LogP contribution in [0, 0.1) is 5.41 Å². The highest BCUT2D eigenvalue weighted by molar-refractivity contribution is 6.17. The summed E-state index contributed by atoms with van der Waals surface area (Å²) in [6.45, 7) is 4.29.